The van der Waals surface area contributed by atoms with E-state index in [0.29, 0.717) is 92.2 Å². The Bertz CT molecular complexity index is 896. The lowest BCUT2D eigenvalue weighted by Crippen LogP contribution is -2.44. The van der Waals surface area contributed by atoms with E-state index in [4.69, 9.17) is 42.6 Å². The first-order valence-corrected chi connectivity index (χ1v) is 17.1. The predicted octanol–water partition coefficient (Wildman–Crippen LogP) is 1.93. The van der Waals surface area contributed by atoms with Crippen molar-refractivity contribution in [2.75, 3.05) is 126 Å². The Labute approximate surface area is 297 Å². The third kappa shape index (κ3) is 33.7. The lowest BCUT2D eigenvalue weighted by molar-refractivity contribution is -0.156. The lowest BCUT2D eigenvalue weighted by Gasteiger charge is -2.23. The number of rotatable bonds is 30. The summed E-state index contributed by atoms with van der Waals surface area (Å²) >= 11 is 0. The molecule has 50 heavy (non-hydrogen) atoms. The lowest BCUT2D eigenvalue weighted by atomic mass is 10.2. The second kappa shape index (κ2) is 29.9. The van der Waals surface area contributed by atoms with Crippen LogP contribution in [0.1, 0.15) is 54.4 Å². The van der Waals surface area contributed by atoms with Crippen molar-refractivity contribution in [1.29, 1.82) is 0 Å². The second-order valence-corrected chi connectivity index (χ2v) is 12.6. The van der Waals surface area contributed by atoms with Crippen molar-refractivity contribution in [1.82, 2.24) is 15.5 Å². The van der Waals surface area contributed by atoms with Crippen LogP contribution in [0.2, 0.25) is 0 Å². The van der Waals surface area contributed by atoms with Crippen LogP contribution in [-0.4, -0.2) is 166 Å². The number of alkyl carbamates (subject to hydrolysis) is 1. The molecule has 0 aliphatic heterocycles. The zero-order chi connectivity index (χ0) is 37.5. The van der Waals surface area contributed by atoms with Crippen LogP contribution < -0.4 is 10.6 Å². The maximum absolute atomic E-state index is 12.8. The minimum atomic E-state index is -0.546. The minimum Gasteiger partial charge on any atom is -0.469 e. The number of methoxy groups -OCH3 is 1. The molecule has 294 valence electrons. The summed E-state index contributed by atoms with van der Waals surface area (Å²) in [6, 6.07) is -0.293. The predicted molar refractivity (Wildman–Crippen MR) is 182 cm³/mol. The Balaban J connectivity index is 4.17. The molecule has 0 aromatic carbocycles. The molecule has 17 nitrogen and oxygen atoms in total. The highest BCUT2D eigenvalue weighted by atomic mass is 16.6. The Morgan fingerprint density at radius 3 is 1.30 bits per heavy atom. The molecular weight excluding hydrogens is 662 g/mol. The monoisotopic (exact) mass is 725 g/mol. The van der Waals surface area contributed by atoms with Crippen molar-refractivity contribution in [3.8, 4) is 0 Å². The average molecular weight is 726 g/mol. The first kappa shape index (κ1) is 47.2. The van der Waals surface area contributed by atoms with Crippen molar-refractivity contribution in [2.45, 2.75) is 65.6 Å². The zero-order valence-corrected chi connectivity index (χ0v) is 31.3. The van der Waals surface area contributed by atoms with Crippen molar-refractivity contribution < 1.29 is 66.5 Å². The number of ether oxygens (including phenoxy) is 10. The van der Waals surface area contributed by atoms with Crippen LogP contribution in [0.15, 0.2) is 0 Å². The van der Waals surface area contributed by atoms with Gasteiger partial charge in [0.1, 0.15) is 11.2 Å². The number of hydrogen-bond acceptors (Lipinski definition) is 14. The number of carbonyl (C=O) groups excluding carboxylic acids is 4. The van der Waals surface area contributed by atoms with Gasteiger partial charge in [0.2, 0.25) is 0 Å². The van der Waals surface area contributed by atoms with Crippen molar-refractivity contribution in [3.63, 3.8) is 0 Å². The summed E-state index contributed by atoms with van der Waals surface area (Å²) in [5.74, 6) is -0.663. The van der Waals surface area contributed by atoms with E-state index in [1.54, 1.807) is 25.7 Å². The van der Waals surface area contributed by atoms with E-state index < -0.39 is 17.3 Å². The summed E-state index contributed by atoms with van der Waals surface area (Å²) in [6.07, 6.45) is -0.158. The number of amides is 3. The Kier molecular flexibility index (Phi) is 28.2. The van der Waals surface area contributed by atoms with Gasteiger partial charge in [-0.15, -0.1) is 0 Å². The van der Waals surface area contributed by atoms with Crippen LogP contribution in [0.3, 0.4) is 0 Å². The van der Waals surface area contributed by atoms with E-state index in [9.17, 15) is 19.2 Å². The molecule has 0 aliphatic carbocycles. The first-order valence-electron chi connectivity index (χ1n) is 17.1. The van der Waals surface area contributed by atoms with Crippen LogP contribution in [0, 0.1) is 0 Å². The zero-order valence-electron chi connectivity index (χ0n) is 31.3. The largest absolute Gasteiger partial charge is 0.469 e. The molecule has 0 radical (unpaired) electrons. The highest BCUT2D eigenvalue weighted by Gasteiger charge is 2.17. The van der Waals surface area contributed by atoms with Gasteiger partial charge in [-0.05, 0) is 41.5 Å². The molecule has 0 spiro atoms. The number of nitrogens with zero attached hydrogens (tertiary/aromatic N) is 1. The van der Waals surface area contributed by atoms with Crippen molar-refractivity contribution in [2.24, 2.45) is 0 Å². The molecule has 0 saturated carbocycles. The Morgan fingerprint density at radius 2 is 0.860 bits per heavy atom. The molecule has 3 amide bonds. The highest BCUT2D eigenvalue weighted by Crippen LogP contribution is 2.08. The van der Waals surface area contributed by atoms with Crippen LogP contribution in [0.4, 0.5) is 9.59 Å². The summed E-state index contributed by atoms with van der Waals surface area (Å²) in [5.41, 5.74) is -1.08. The summed E-state index contributed by atoms with van der Waals surface area (Å²) < 4.78 is 53.3. The van der Waals surface area contributed by atoms with Gasteiger partial charge in [0.25, 0.3) is 0 Å². The maximum atomic E-state index is 12.8. The number of urea groups is 1. The maximum Gasteiger partial charge on any atom is 0.407 e. The minimum absolute atomic E-state index is 0.158. The fourth-order valence-corrected chi connectivity index (χ4v) is 3.54. The normalized spacial score (nSPS) is 11.6. The summed E-state index contributed by atoms with van der Waals surface area (Å²) in [6.45, 7) is 16.4. The van der Waals surface area contributed by atoms with E-state index in [1.807, 2.05) is 20.8 Å². The summed E-state index contributed by atoms with van der Waals surface area (Å²) in [4.78, 5) is 48.8. The molecule has 0 atom stereocenters. The van der Waals surface area contributed by atoms with Crippen LogP contribution in [-0.2, 0) is 57.0 Å². The fourth-order valence-electron chi connectivity index (χ4n) is 3.54. The van der Waals surface area contributed by atoms with E-state index in [1.165, 1.54) is 7.11 Å². The SMILES string of the molecule is COC(=O)CCOCCOCCN(CCOCCOCCC(=O)OC(C)(C)C)C(=O)NCCOCCOCCOCCNC(=O)OC(C)(C)C. The van der Waals surface area contributed by atoms with E-state index in [-0.39, 0.29) is 57.2 Å². The van der Waals surface area contributed by atoms with Gasteiger partial charge in [-0.2, -0.15) is 0 Å². The first-order chi connectivity index (χ1) is 23.7. The molecule has 17 heteroatoms. The average Bonchev–Trinajstić information content (AvgIpc) is 3.02. The molecule has 0 saturated heterocycles. The highest BCUT2D eigenvalue weighted by molar-refractivity contribution is 5.74. The van der Waals surface area contributed by atoms with Gasteiger partial charge in [0, 0.05) is 26.2 Å². The number of hydrogen-bond donors (Lipinski definition) is 2. The fraction of sp³-hybridized carbons (Fsp3) is 0.879. The smallest absolute Gasteiger partial charge is 0.407 e. The van der Waals surface area contributed by atoms with Gasteiger partial charge in [-0.3, -0.25) is 9.59 Å². The molecular formula is C33H63N3O14. The van der Waals surface area contributed by atoms with Gasteiger partial charge in [0.15, 0.2) is 0 Å². The van der Waals surface area contributed by atoms with E-state index >= 15 is 0 Å². The van der Waals surface area contributed by atoms with Crippen LogP contribution >= 0.6 is 0 Å². The Hall–Kier alpha value is -2.80. The standard InChI is InChI=1S/C33H63N3O14/c1-32(2,3)49-29(38)9-15-43-21-25-47-19-13-36(12-18-46-24-20-42-14-8-28(37)41-7)30(39)34-10-16-44-22-26-48-27-23-45-17-11-35-31(40)50-33(4,5)6/h8-27H2,1-7H3,(H,34,39)(H,35,40). The van der Waals surface area contributed by atoms with Gasteiger partial charge >= 0.3 is 24.1 Å². The van der Waals surface area contributed by atoms with Crippen LogP contribution in [0.25, 0.3) is 0 Å². The van der Waals surface area contributed by atoms with Gasteiger partial charge < -0.3 is 62.9 Å². The van der Waals surface area contributed by atoms with E-state index in [2.05, 4.69) is 15.4 Å². The quantitative estimate of drug-likeness (QED) is 0.0621. The topological polar surface area (TPSA) is 188 Å². The van der Waals surface area contributed by atoms with E-state index in [0.717, 1.165) is 0 Å². The molecule has 2 N–H and O–H groups in total. The summed E-state index contributed by atoms with van der Waals surface area (Å²) in [5, 5.41) is 5.44. The molecule has 0 heterocycles. The number of esters is 2. The van der Waals surface area contributed by atoms with Gasteiger partial charge in [-0.1, -0.05) is 0 Å². The number of nitrogens with one attached hydrogen (secondary N) is 2. The molecule has 0 aromatic rings. The Morgan fingerprint density at radius 1 is 0.480 bits per heavy atom. The molecule has 0 aliphatic rings. The number of carbonyl (C=O) groups is 4. The molecule has 0 unspecified atom stereocenters. The molecule has 0 rings (SSSR count). The van der Waals surface area contributed by atoms with Crippen LogP contribution in [0.5, 0.6) is 0 Å². The van der Waals surface area contributed by atoms with Crippen molar-refractivity contribution >= 4 is 24.1 Å². The summed E-state index contributed by atoms with van der Waals surface area (Å²) in [7, 11) is 1.32. The van der Waals surface area contributed by atoms with Gasteiger partial charge in [0.05, 0.1) is 112 Å². The molecule has 0 aromatic heterocycles. The molecule has 0 fully saturated rings. The second-order valence-electron chi connectivity index (χ2n) is 12.6. The third-order valence-corrected chi connectivity index (χ3v) is 5.77. The van der Waals surface area contributed by atoms with Gasteiger partial charge in [-0.25, -0.2) is 9.59 Å². The molecule has 0 bridgehead atoms. The third-order valence-electron chi connectivity index (χ3n) is 5.77. The van der Waals surface area contributed by atoms with Crippen molar-refractivity contribution in [3.05, 3.63) is 0 Å².